The van der Waals surface area contributed by atoms with Gasteiger partial charge in [0.15, 0.2) is 0 Å². The van der Waals surface area contributed by atoms with Gasteiger partial charge >= 0.3 is 5.97 Å². The van der Waals surface area contributed by atoms with Gasteiger partial charge in [-0.1, -0.05) is 12.1 Å². The summed E-state index contributed by atoms with van der Waals surface area (Å²) in [6.45, 7) is 0.692. The summed E-state index contributed by atoms with van der Waals surface area (Å²) in [4.78, 5) is 11.1. The molecular formula is C25H26F2O4. The summed E-state index contributed by atoms with van der Waals surface area (Å²) < 4.78 is 39.1. The molecule has 0 spiro atoms. The van der Waals surface area contributed by atoms with Crippen LogP contribution in [0.2, 0.25) is 0 Å². The van der Waals surface area contributed by atoms with Crippen LogP contribution < -0.4 is 4.74 Å². The summed E-state index contributed by atoms with van der Waals surface area (Å²) in [6, 6.07) is 10.7. The van der Waals surface area contributed by atoms with Crippen LogP contribution in [0.1, 0.15) is 50.5 Å². The van der Waals surface area contributed by atoms with Gasteiger partial charge in [-0.3, -0.25) is 4.79 Å². The molecule has 4 nitrogen and oxygen atoms in total. The maximum Gasteiger partial charge on any atom is 0.306 e. The van der Waals surface area contributed by atoms with Crippen molar-refractivity contribution < 1.29 is 28.2 Å². The monoisotopic (exact) mass is 428 g/mol. The molecule has 2 aliphatic heterocycles. The normalized spacial score (nSPS) is 31.4. The Morgan fingerprint density at radius 2 is 1.81 bits per heavy atom. The van der Waals surface area contributed by atoms with Gasteiger partial charge in [0.05, 0.1) is 18.1 Å². The van der Waals surface area contributed by atoms with Crippen molar-refractivity contribution in [2.75, 3.05) is 6.61 Å². The Hall–Kier alpha value is -2.47. The van der Waals surface area contributed by atoms with Crippen LogP contribution in [0.3, 0.4) is 0 Å². The largest absolute Gasteiger partial charge is 0.481 e. The number of carbonyl (C=O) groups is 1. The zero-order valence-corrected chi connectivity index (χ0v) is 17.3. The third kappa shape index (κ3) is 4.05. The van der Waals surface area contributed by atoms with Crippen LogP contribution in [0.15, 0.2) is 42.5 Å². The minimum atomic E-state index is -0.676. The number of hydrogen-bond acceptors (Lipinski definition) is 3. The van der Waals surface area contributed by atoms with Gasteiger partial charge in [-0.2, -0.15) is 0 Å². The summed E-state index contributed by atoms with van der Waals surface area (Å²) in [5, 5.41) is 9.12. The molecule has 0 amide bonds. The first-order valence-electron chi connectivity index (χ1n) is 11.0. The smallest absolute Gasteiger partial charge is 0.306 e. The lowest BCUT2D eigenvalue weighted by molar-refractivity contribution is -0.192. The van der Waals surface area contributed by atoms with Crippen LogP contribution >= 0.6 is 0 Å². The highest BCUT2D eigenvalue weighted by atomic mass is 19.1. The van der Waals surface area contributed by atoms with Crippen LogP contribution in [0.25, 0.3) is 0 Å². The van der Waals surface area contributed by atoms with Gasteiger partial charge in [0.2, 0.25) is 0 Å². The molecule has 6 rings (SSSR count). The lowest BCUT2D eigenvalue weighted by Gasteiger charge is -2.53. The van der Waals surface area contributed by atoms with E-state index in [-0.39, 0.29) is 22.7 Å². The van der Waals surface area contributed by atoms with E-state index in [4.69, 9.17) is 14.6 Å². The Balaban J connectivity index is 1.25. The van der Waals surface area contributed by atoms with E-state index in [2.05, 4.69) is 0 Å². The van der Waals surface area contributed by atoms with E-state index in [1.54, 1.807) is 6.07 Å². The van der Waals surface area contributed by atoms with Gasteiger partial charge in [0.25, 0.3) is 0 Å². The number of benzene rings is 2. The van der Waals surface area contributed by atoms with E-state index in [9.17, 15) is 13.6 Å². The van der Waals surface area contributed by atoms with Crippen molar-refractivity contribution in [3.63, 3.8) is 0 Å². The average molecular weight is 428 g/mol. The second-order valence-corrected chi connectivity index (χ2v) is 9.50. The lowest BCUT2D eigenvalue weighted by Crippen LogP contribution is -2.49. The predicted octanol–water partition coefficient (Wildman–Crippen LogP) is 6.04. The molecule has 2 saturated heterocycles. The fourth-order valence-electron chi connectivity index (χ4n) is 5.39. The highest BCUT2D eigenvalue weighted by molar-refractivity contribution is 5.73. The van der Waals surface area contributed by atoms with E-state index in [0.29, 0.717) is 18.3 Å². The van der Waals surface area contributed by atoms with Gasteiger partial charge in [0, 0.05) is 18.2 Å². The molecule has 4 aliphatic rings. The minimum Gasteiger partial charge on any atom is -0.481 e. The van der Waals surface area contributed by atoms with Crippen LogP contribution in [-0.4, -0.2) is 17.7 Å². The van der Waals surface area contributed by atoms with Gasteiger partial charge < -0.3 is 14.6 Å². The van der Waals surface area contributed by atoms with Crippen molar-refractivity contribution in [2.45, 2.75) is 50.5 Å². The lowest BCUT2D eigenvalue weighted by atomic mass is 9.62. The number of aliphatic carboxylic acids is 1. The molecule has 31 heavy (non-hydrogen) atoms. The highest BCUT2D eigenvalue weighted by Gasteiger charge is 2.52. The van der Waals surface area contributed by atoms with Crippen molar-refractivity contribution in [3.8, 4) is 11.5 Å². The summed E-state index contributed by atoms with van der Waals surface area (Å²) in [7, 11) is 0. The van der Waals surface area contributed by atoms with E-state index in [0.717, 1.165) is 68.7 Å². The number of hydrogen-bond donors (Lipinski definition) is 1. The fraction of sp³-hybridized carbons (Fsp3) is 0.480. The molecule has 164 valence electrons. The molecule has 2 saturated carbocycles. The van der Waals surface area contributed by atoms with E-state index >= 15 is 0 Å². The van der Waals surface area contributed by atoms with Gasteiger partial charge in [-0.15, -0.1) is 0 Å². The molecule has 6 heteroatoms. The third-order valence-electron chi connectivity index (χ3n) is 7.49. The predicted molar refractivity (Wildman–Crippen MR) is 110 cm³/mol. The number of fused-ring (bicyclic) bond motifs is 3. The maximum absolute atomic E-state index is 13.5. The van der Waals surface area contributed by atoms with Crippen LogP contribution in [0, 0.1) is 28.9 Å². The SMILES string of the molecule is O=C(O)C1C[C@H]1CCC12CCC(c3cccc(Oc4cc(F)cc(F)c4)c3)(CC1)OC2. The van der Waals surface area contributed by atoms with Gasteiger partial charge in [-0.05, 0) is 74.0 Å². The summed E-state index contributed by atoms with van der Waals surface area (Å²) in [6.07, 6.45) is 6.79. The molecule has 2 heterocycles. The topological polar surface area (TPSA) is 55.8 Å². The van der Waals surface area contributed by atoms with Crippen LogP contribution in [-0.2, 0) is 15.1 Å². The van der Waals surface area contributed by atoms with Crippen LogP contribution in [0.4, 0.5) is 8.78 Å². The Labute approximate surface area is 180 Å². The molecule has 2 aliphatic carbocycles. The first-order chi connectivity index (χ1) is 14.9. The Kier molecular flexibility index (Phi) is 5.00. The first kappa shape index (κ1) is 20.4. The van der Waals surface area contributed by atoms with Crippen molar-refractivity contribution >= 4 is 5.97 Å². The molecule has 0 radical (unpaired) electrons. The minimum absolute atomic E-state index is 0.124. The summed E-state index contributed by atoms with van der Waals surface area (Å²) >= 11 is 0. The molecular weight excluding hydrogens is 402 g/mol. The molecule has 2 aromatic carbocycles. The maximum atomic E-state index is 13.5. The quantitative estimate of drug-likeness (QED) is 0.584. The average Bonchev–Trinajstić information content (AvgIpc) is 3.54. The standard InChI is InChI=1S/C25H26F2O4/c26-18-12-19(27)14-21(13-18)31-20-3-1-2-17(11-20)25-8-6-24(7-9-25,15-30-25)5-4-16-10-22(16)23(28)29/h1-3,11-14,16,22H,4-10,15H2,(H,28,29)/t16-,22?,24?,25?/m1/s1. The number of carboxylic acid groups (broad SMARTS) is 1. The Bertz CT molecular complexity index is 960. The second-order valence-electron chi connectivity index (χ2n) is 9.50. The molecule has 1 unspecified atom stereocenters. The molecule has 2 atom stereocenters. The zero-order valence-electron chi connectivity index (χ0n) is 17.3. The van der Waals surface area contributed by atoms with Gasteiger partial charge in [-0.25, -0.2) is 8.78 Å². The molecule has 1 N–H and O–H groups in total. The third-order valence-corrected chi connectivity index (χ3v) is 7.49. The number of ether oxygens (including phenoxy) is 2. The summed E-state index contributed by atoms with van der Waals surface area (Å²) in [5.74, 6) is -1.17. The molecule has 0 aromatic heterocycles. The molecule has 4 fully saturated rings. The fourth-order valence-corrected chi connectivity index (χ4v) is 5.39. The van der Waals surface area contributed by atoms with E-state index in [1.807, 2.05) is 18.2 Å². The van der Waals surface area contributed by atoms with Crippen LogP contribution in [0.5, 0.6) is 11.5 Å². The second kappa shape index (κ2) is 7.59. The van der Waals surface area contributed by atoms with Crippen molar-refractivity contribution in [1.82, 2.24) is 0 Å². The van der Waals surface area contributed by atoms with E-state index < -0.39 is 17.6 Å². The number of halogens is 2. The van der Waals surface area contributed by atoms with Crippen molar-refractivity contribution in [1.29, 1.82) is 0 Å². The Morgan fingerprint density at radius 3 is 2.42 bits per heavy atom. The Morgan fingerprint density at radius 1 is 1.06 bits per heavy atom. The number of rotatable bonds is 7. The zero-order chi connectivity index (χ0) is 21.6. The summed E-state index contributed by atoms with van der Waals surface area (Å²) in [5.41, 5.74) is 0.848. The molecule has 2 aromatic rings. The van der Waals surface area contributed by atoms with Gasteiger partial charge in [0.1, 0.15) is 23.1 Å². The van der Waals surface area contributed by atoms with Crippen molar-refractivity contribution in [2.24, 2.45) is 17.3 Å². The number of carboxylic acids is 1. The van der Waals surface area contributed by atoms with Crippen molar-refractivity contribution in [3.05, 3.63) is 59.7 Å². The molecule has 2 bridgehead atoms. The highest BCUT2D eigenvalue weighted by Crippen LogP contribution is 2.57. The first-order valence-corrected chi connectivity index (χ1v) is 11.0. The van der Waals surface area contributed by atoms with E-state index in [1.165, 1.54) is 0 Å².